The van der Waals surface area contributed by atoms with Gasteiger partial charge in [-0.2, -0.15) is 0 Å². The van der Waals surface area contributed by atoms with E-state index < -0.39 is 0 Å². The molecule has 1 aliphatic rings. The molecule has 1 aromatic carbocycles. The number of nitrogens with two attached hydrogens (primary N) is 1. The Bertz CT molecular complexity index is 1290. The van der Waals surface area contributed by atoms with Gasteiger partial charge in [-0.15, -0.1) is 0 Å². The first-order valence-corrected chi connectivity index (χ1v) is 11.4. The smallest absolute Gasteiger partial charge is 0.246 e. The number of likely N-dealkylation sites (N-methyl/N-ethyl adjacent to an activating group) is 1. The van der Waals surface area contributed by atoms with Crippen LogP contribution in [0.3, 0.4) is 0 Å². The molecule has 1 saturated heterocycles. The minimum Gasteiger partial charge on any atom is -0.497 e. The summed E-state index contributed by atoms with van der Waals surface area (Å²) < 4.78 is 12.7. The number of fused-ring (bicyclic) bond motifs is 1. The van der Waals surface area contributed by atoms with Crippen molar-refractivity contribution in [3.63, 3.8) is 0 Å². The molecule has 9 nitrogen and oxygen atoms in total. The van der Waals surface area contributed by atoms with Gasteiger partial charge in [0.25, 0.3) is 0 Å². The number of nitrogens with zero attached hydrogens (tertiary/aromatic N) is 5. The van der Waals surface area contributed by atoms with Crippen LogP contribution in [-0.2, 0) is 4.79 Å². The third-order valence-electron chi connectivity index (χ3n) is 6.12. The van der Waals surface area contributed by atoms with E-state index in [1.54, 1.807) is 26.4 Å². The number of amides is 1. The molecule has 1 amide bonds. The molecule has 0 atom stereocenters. The third kappa shape index (κ3) is 5.23. The van der Waals surface area contributed by atoms with Crippen molar-refractivity contribution in [2.24, 2.45) is 0 Å². The standard InChI is InChI=1S/C26H30N6O3/c1-5-30(2)10-6-7-23(33)31-15-20(16-31)32-14-19(24-25(27)28-17-29-26(24)32)9-8-18-11-21(34-3)13-22(12-18)35-4/h6-7,11-14,17,20H,5,10,15-16H2,1-4H3,(H2,27,28,29). The Labute approximate surface area is 205 Å². The van der Waals surface area contributed by atoms with Crippen LogP contribution in [0.2, 0.25) is 0 Å². The van der Waals surface area contributed by atoms with E-state index in [1.165, 1.54) is 6.33 Å². The minimum absolute atomic E-state index is 0.0170. The van der Waals surface area contributed by atoms with E-state index >= 15 is 0 Å². The number of ether oxygens (including phenoxy) is 2. The van der Waals surface area contributed by atoms with Crippen molar-refractivity contribution in [1.29, 1.82) is 0 Å². The highest BCUT2D eigenvalue weighted by atomic mass is 16.5. The largest absolute Gasteiger partial charge is 0.497 e. The van der Waals surface area contributed by atoms with Crippen LogP contribution in [0.1, 0.15) is 24.1 Å². The molecule has 4 rings (SSSR count). The van der Waals surface area contributed by atoms with Gasteiger partial charge in [-0.05, 0) is 25.7 Å². The summed E-state index contributed by atoms with van der Waals surface area (Å²) in [7, 11) is 5.22. The predicted octanol–water partition coefficient (Wildman–Crippen LogP) is 2.32. The second-order valence-electron chi connectivity index (χ2n) is 8.41. The summed E-state index contributed by atoms with van der Waals surface area (Å²) in [4.78, 5) is 25.1. The number of rotatable bonds is 7. The summed E-state index contributed by atoms with van der Waals surface area (Å²) in [5.41, 5.74) is 8.39. The van der Waals surface area contributed by atoms with E-state index in [1.807, 2.05) is 40.9 Å². The lowest BCUT2D eigenvalue weighted by atomic mass is 10.1. The zero-order chi connectivity index (χ0) is 24.9. The number of hydrogen-bond acceptors (Lipinski definition) is 7. The van der Waals surface area contributed by atoms with E-state index in [0.29, 0.717) is 41.4 Å². The highest BCUT2D eigenvalue weighted by Crippen LogP contribution is 2.30. The Kier molecular flexibility index (Phi) is 7.22. The van der Waals surface area contributed by atoms with E-state index in [4.69, 9.17) is 15.2 Å². The van der Waals surface area contributed by atoms with Gasteiger partial charge in [0.05, 0.1) is 31.2 Å². The SMILES string of the molecule is CCN(C)CC=CC(=O)N1CC(n2cc(C#Cc3cc(OC)cc(OC)c3)c3c(N)ncnc32)C1. The maximum absolute atomic E-state index is 12.5. The molecule has 2 aromatic heterocycles. The number of hydrogen-bond donors (Lipinski definition) is 1. The van der Waals surface area contributed by atoms with Crippen molar-refractivity contribution < 1.29 is 14.3 Å². The summed E-state index contributed by atoms with van der Waals surface area (Å²) in [6.45, 7) is 4.96. The van der Waals surface area contributed by atoms with Gasteiger partial charge >= 0.3 is 0 Å². The van der Waals surface area contributed by atoms with Crippen LogP contribution < -0.4 is 15.2 Å². The maximum atomic E-state index is 12.5. The number of likely N-dealkylation sites (tertiary alicyclic amines) is 1. The topological polar surface area (TPSA) is 98.7 Å². The molecule has 1 fully saturated rings. The monoisotopic (exact) mass is 474 g/mol. The molecule has 2 N–H and O–H groups in total. The van der Waals surface area contributed by atoms with E-state index in [-0.39, 0.29) is 11.9 Å². The van der Waals surface area contributed by atoms with Crippen molar-refractivity contribution in [1.82, 2.24) is 24.3 Å². The number of carbonyl (C=O) groups is 1. The van der Waals surface area contributed by atoms with E-state index in [9.17, 15) is 4.79 Å². The lowest BCUT2D eigenvalue weighted by Gasteiger charge is -2.39. The van der Waals surface area contributed by atoms with Crippen LogP contribution in [0.4, 0.5) is 5.82 Å². The van der Waals surface area contributed by atoms with Gasteiger partial charge in [0.2, 0.25) is 5.91 Å². The first-order chi connectivity index (χ1) is 16.9. The highest BCUT2D eigenvalue weighted by molar-refractivity contribution is 5.93. The summed E-state index contributed by atoms with van der Waals surface area (Å²) in [6.07, 6.45) is 6.94. The summed E-state index contributed by atoms with van der Waals surface area (Å²) >= 11 is 0. The predicted molar refractivity (Wildman–Crippen MR) is 135 cm³/mol. The lowest BCUT2D eigenvalue weighted by molar-refractivity contribution is -0.131. The van der Waals surface area contributed by atoms with Gasteiger partial charge in [0.15, 0.2) is 0 Å². The molecule has 35 heavy (non-hydrogen) atoms. The fourth-order valence-electron chi connectivity index (χ4n) is 3.88. The van der Waals surface area contributed by atoms with Gasteiger partial charge in [-0.1, -0.05) is 24.8 Å². The molecule has 182 valence electrons. The summed E-state index contributed by atoms with van der Waals surface area (Å²) in [5.74, 6) is 8.09. The molecule has 0 spiro atoms. The average Bonchev–Trinajstić information content (AvgIpc) is 3.20. The zero-order valence-corrected chi connectivity index (χ0v) is 20.5. The molecule has 1 aliphatic heterocycles. The van der Waals surface area contributed by atoms with Crippen LogP contribution in [0.5, 0.6) is 11.5 Å². The Morgan fingerprint density at radius 3 is 2.57 bits per heavy atom. The maximum Gasteiger partial charge on any atom is 0.246 e. The minimum atomic E-state index is 0.0170. The van der Waals surface area contributed by atoms with E-state index in [2.05, 4.69) is 33.6 Å². The Morgan fingerprint density at radius 1 is 1.20 bits per heavy atom. The van der Waals surface area contributed by atoms with Crippen LogP contribution in [-0.4, -0.2) is 77.7 Å². The van der Waals surface area contributed by atoms with Gasteiger partial charge in [-0.25, -0.2) is 9.97 Å². The van der Waals surface area contributed by atoms with Gasteiger partial charge in [0.1, 0.15) is 29.3 Å². The van der Waals surface area contributed by atoms with Gasteiger partial charge < -0.3 is 29.6 Å². The van der Waals surface area contributed by atoms with Crippen LogP contribution >= 0.6 is 0 Å². The zero-order valence-electron chi connectivity index (χ0n) is 20.5. The molecule has 9 heteroatoms. The van der Waals surface area contributed by atoms with Gasteiger partial charge in [0, 0.05) is 43.5 Å². The summed E-state index contributed by atoms with van der Waals surface area (Å²) in [6, 6.07) is 5.57. The van der Waals surface area contributed by atoms with Crippen molar-refractivity contribution in [3.05, 3.63) is 54.0 Å². The van der Waals surface area contributed by atoms with Crippen molar-refractivity contribution in [3.8, 4) is 23.3 Å². The molecule has 0 bridgehead atoms. The van der Waals surface area contributed by atoms with E-state index in [0.717, 1.165) is 24.2 Å². The number of methoxy groups -OCH3 is 2. The van der Waals surface area contributed by atoms with Gasteiger partial charge in [-0.3, -0.25) is 4.79 Å². The Morgan fingerprint density at radius 2 is 1.91 bits per heavy atom. The Balaban J connectivity index is 1.57. The number of benzene rings is 1. The number of carbonyl (C=O) groups excluding carboxylic acids is 1. The molecular formula is C26H30N6O3. The normalized spacial score (nSPS) is 13.7. The Hall–Kier alpha value is -4.03. The molecule has 0 unspecified atom stereocenters. The number of nitrogen functional groups attached to an aromatic ring is 1. The second kappa shape index (κ2) is 10.5. The average molecular weight is 475 g/mol. The van der Waals surface area contributed by atoms with Crippen LogP contribution in [0, 0.1) is 11.8 Å². The number of anilines is 1. The van der Waals surface area contributed by atoms with Crippen molar-refractivity contribution in [2.75, 3.05) is 53.2 Å². The van der Waals surface area contributed by atoms with Crippen LogP contribution in [0.25, 0.3) is 11.0 Å². The third-order valence-corrected chi connectivity index (χ3v) is 6.12. The number of aromatic nitrogens is 3. The van der Waals surface area contributed by atoms with Crippen molar-refractivity contribution >= 4 is 22.8 Å². The lowest BCUT2D eigenvalue weighted by Crippen LogP contribution is -2.50. The highest BCUT2D eigenvalue weighted by Gasteiger charge is 2.32. The second-order valence-corrected chi connectivity index (χ2v) is 8.41. The molecular weight excluding hydrogens is 444 g/mol. The molecule has 3 aromatic rings. The first kappa shape index (κ1) is 24.1. The quantitative estimate of drug-likeness (QED) is 0.414. The fraction of sp³-hybridized carbons (Fsp3) is 0.346. The van der Waals surface area contributed by atoms with Crippen LogP contribution in [0.15, 0.2) is 42.9 Å². The summed E-state index contributed by atoms with van der Waals surface area (Å²) in [5, 5.41) is 0.710. The van der Waals surface area contributed by atoms with Crippen molar-refractivity contribution in [2.45, 2.75) is 13.0 Å². The molecule has 0 aliphatic carbocycles. The fourth-order valence-corrected chi connectivity index (χ4v) is 3.88. The molecule has 0 saturated carbocycles. The molecule has 3 heterocycles. The molecule has 0 radical (unpaired) electrons. The first-order valence-electron chi connectivity index (χ1n) is 11.4.